The summed E-state index contributed by atoms with van der Waals surface area (Å²) in [6.45, 7) is 1.09. The van der Waals surface area contributed by atoms with E-state index in [0.29, 0.717) is 23.7 Å². The van der Waals surface area contributed by atoms with E-state index in [1.54, 1.807) is 48.5 Å². The van der Waals surface area contributed by atoms with Crippen molar-refractivity contribution >= 4 is 23.5 Å². The molecular weight excluding hydrogens is 458 g/mol. The molecule has 176 valence electrons. The molecule has 0 radical (unpaired) electrons. The fourth-order valence-corrected chi connectivity index (χ4v) is 4.15. The van der Waals surface area contributed by atoms with Crippen molar-refractivity contribution in [3.05, 3.63) is 130 Å². The van der Waals surface area contributed by atoms with Gasteiger partial charge in [0.1, 0.15) is 0 Å². The first-order valence-electron chi connectivity index (χ1n) is 11.5. The molecule has 0 fully saturated rings. The molecule has 5 heteroatoms. The Hall–Kier alpha value is -3.89. The number of halogens is 1. The van der Waals surface area contributed by atoms with Gasteiger partial charge >= 0.3 is 5.97 Å². The number of hydrogen-bond acceptors (Lipinski definition) is 2. The fourth-order valence-electron chi connectivity index (χ4n) is 4.02. The zero-order valence-corrected chi connectivity index (χ0v) is 20.0. The molecule has 35 heavy (non-hydrogen) atoms. The lowest BCUT2D eigenvalue weighted by atomic mass is 10.0. The number of carboxylic acid groups (broad SMARTS) is 1. The number of carbonyl (C=O) groups is 2. The number of carbonyl (C=O) groups excluding carboxylic acids is 1. The van der Waals surface area contributed by atoms with Gasteiger partial charge in [-0.15, -0.1) is 0 Å². The van der Waals surface area contributed by atoms with Crippen LogP contribution in [-0.4, -0.2) is 28.4 Å². The van der Waals surface area contributed by atoms with E-state index >= 15 is 0 Å². The number of hydrogen-bond donors (Lipinski definition) is 1. The molecule has 0 saturated carbocycles. The van der Waals surface area contributed by atoms with Crippen LogP contribution >= 0.6 is 11.6 Å². The van der Waals surface area contributed by atoms with Crippen molar-refractivity contribution in [3.63, 3.8) is 0 Å². The predicted molar refractivity (Wildman–Crippen MR) is 140 cm³/mol. The highest BCUT2D eigenvalue weighted by Crippen LogP contribution is 2.23. The minimum Gasteiger partial charge on any atom is -0.478 e. The highest BCUT2D eigenvalue weighted by atomic mass is 35.5. The van der Waals surface area contributed by atoms with Crippen LogP contribution < -0.4 is 0 Å². The van der Waals surface area contributed by atoms with Crippen LogP contribution in [0.3, 0.4) is 0 Å². The molecule has 0 saturated heterocycles. The third kappa shape index (κ3) is 6.58. The van der Waals surface area contributed by atoms with Crippen LogP contribution in [0.15, 0.2) is 103 Å². The second-order valence-corrected chi connectivity index (χ2v) is 8.84. The van der Waals surface area contributed by atoms with Gasteiger partial charge in [0.25, 0.3) is 5.91 Å². The maximum Gasteiger partial charge on any atom is 0.335 e. The quantitative estimate of drug-likeness (QED) is 0.279. The molecule has 0 unspecified atom stereocenters. The van der Waals surface area contributed by atoms with Gasteiger partial charge in [-0.1, -0.05) is 72.3 Å². The van der Waals surface area contributed by atoms with Crippen LogP contribution in [0.4, 0.5) is 0 Å². The summed E-state index contributed by atoms with van der Waals surface area (Å²) in [5.41, 5.74) is 5.02. The summed E-state index contributed by atoms with van der Waals surface area (Å²) in [6, 6.07) is 32.1. The average Bonchev–Trinajstić information content (AvgIpc) is 2.89. The van der Waals surface area contributed by atoms with Crippen LogP contribution in [0.25, 0.3) is 11.1 Å². The van der Waals surface area contributed by atoms with Gasteiger partial charge in [-0.25, -0.2) is 4.79 Å². The Labute approximate surface area is 210 Å². The van der Waals surface area contributed by atoms with Crippen LogP contribution in [0.1, 0.15) is 38.3 Å². The molecule has 4 aromatic rings. The van der Waals surface area contributed by atoms with Crippen molar-refractivity contribution in [1.29, 1.82) is 0 Å². The van der Waals surface area contributed by atoms with Gasteiger partial charge in [-0.3, -0.25) is 4.79 Å². The van der Waals surface area contributed by atoms with E-state index < -0.39 is 5.97 Å². The van der Waals surface area contributed by atoms with Crippen molar-refractivity contribution in [1.82, 2.24) is 4.90 Å². The van der Waals surface area contributed by atoms with E-state index in [2.05, 4.69) is 18.2 Å². The van der Waals surface area contributed by atoms with Gasteiger partial charge < -0.3 is 10.0 Å². The normalized spacial score (nSPS) is 10.7. The van der Waals surface area contributed by atoms with Crippen molar-refractivity contribution in [2.45, 2.75) is 19.4 Å². The van der Waals surface area contributed by atoms with Gasteiger partial charge in [-0.05, 0) is 77.6 Å². The molecule has 4 rings (SSSR count). The van der Waals surface area contributed by atoms with Gasteiger partial charge in [0.2, 0.25) is 0 Å². The second kappa shape index (κ2) is 11.5. The van der Waals surface area contributed by atoms with Gasteiger partial charge in [0.05, 0.1) is 5.56 Å². The minimum absolute atomic E-state index is 0.0362. The van der Waals surface area contributed by atoms with Crippen molar-refractivity contribution in [3.8, 4) is 11.1 Å². The molecule has 4 nitrogen and oxygen atoms in total. The number of rotatable bonds is 9. The lowest BCUT2D eigenvalue weighted by Crippen LogP contribution is -2.31. The Morgan fingerprint density at radius 3 is 2.06 bits per heavy atom. The first kappa shape index (κ1) is 24.2. The SMILES string of the molecule is O=C(O)c1ccc(-c2cccc(CN(CCCc3ccccc3)C(=O)c3ccc(Cl)cc3)c2)cc1. The molecule has 0 aliphatic heterocycles. The number of benzene rings is 4. The van der Waals surface area contributed by atoms with Crippen molar-refractivity contribution < 1.29 is 14.7 Å². The largest absolute Gasteiger partial charge is 0.478 e. The van der Waals surface area contributed by atoms with Crippen molar-refractivity contribution in [2.75, 3.05) is 6.54 Å². The smallest absolute Gasteiger partial charge is 0.335 e. The molecule has 0 aliphatic rings. The van der Waals surface area contributed by atoms with Crippen LogP contribution in [0.5, 0.6) is 0 Å². The van der Waals surface area contributed by atoms with E-state index in [4.69, 9.17) is 16.7 Å². The van der Waals surface area contributed by atoms with Crippen LogP contribution in [0, 0.1) is 0 Å². The maximum absolute atomic E-state index is 13.4. The summed E-state index contributed by atoms with van der Waals surface area (Å²) in [7, 11) is 0. The van der Waals surface area contributed by atoms with Gasteiger partial charge in [0.15, 0.2) is 0 Å². The Morgan fingerprint density at radius 2 is 1.37 bits per heavy atom. The molecule has 0 bridgehead atoms. The molecule has 0 spiro atoms. The van der Waals surface area contributed by atoms with Gasteiger partial charge in [-0.2, -0.15) is 0 Å². The third-order valence-electron chi connectivity index (χ3n) is 5.88. The Bertz CT molecular complexity index is 1290. The summed E-state index contributed by atoms with van der Waals surface area (Å²) >= 11 is 6.02. The van der Waals surface area contributed by atoms with E-state index in [9.17, 15) is 9.59 Å². The Balaban J connectivity index is 1.53. The molecule has 4 aromatic carbocycles. The lowest BCUT2D eigenvalue weighted by molar-refractivity contribution is 0.0695. The number of aromatic carboxylic acids is 1. The fraction of sp³-hybridized carbons (Fsp3) is 0.133. The van der Waals surface area contributed by atoms with E-state index in [1.807, 2.05) is 41.3 Å². The van der Waals surface area contributed by atoms with Crippen LogP contribution in [0.2, 0.25) is 5.02 Å². The zero-order valence-electron chi connectivity index (χ0n) is 19.2. The summed E-state index contributed by atoms with van der Waals surface area (Å²) in [5, 5.41) is 9.75. The highest BCUT2D eigenvalue weighted by molar-refractivity contribution is 6.30. The Morgan fingerprint density at radius 1 is 0.714 bits per heavy atom. The summed E-state index contributed by atoms with van der Waals surface area (Å²) in [5.74, 6) is -0.983. The number of nitrogens with zero attached hydrogens (tertiary/aromatic N) is 1. The van der Waals surface area contributed by atoms with Gasteiger partial charge in [0, 0.05) is 23.7 Å². The second-order valence-electron chi connectivity index (χ2n) is 8.41. The standard InChI is InChI=1S/C30H26ClNO3/c31-28-17-15-25(16-18-28)29(33)32(19-5-9-22-6-2-1-3-7-22)21-23-8-4-10-27(20-23)24-11-13-26(14-12-24)30(34)35/h1-4,6-8,10-18,20H,5,9,19,21H2,(H,34,35). The van der Waals surface area contributed by atoms with E-state index in [-0.39, 0.29) is 11.5 Å². The molecule has 0 heterocycles. The molecule has 0 aliphatic carbocycles. The third-order valence-corrected chi connectivity index (χ3v) is 6.13. The Kier molecular flexibility index (Phi) is 7.96. The first-order valence-corrected chi connectivity index (χ1v) is 11.9. The lowest BCUT2D eigenvalue weighted by Gasteiger charge is -2.23. The zero-order chi connectivity index (χ0) is 24.6. The molecule has 1 amide bonds. The predicted octanol–water partition coefficient (Wildman–Crippen LogP) is 6.98. The summed E-state index contributed by atoms with van der Waals surface area (Å²) in [6.07, 6.45) is 1.74. The number of amides is 1. The number of aryl methyl sites for hydroxylation is 1. The topological polar surface area (TPSA) is 57.6 Å². The van der Waals surface area contributed by atoms with Crippen molar-refractivity contribution in [2.24, 2.45) is 0 Å². The maximum atomic E-state index is 13.4. The van der Waals surface area contributed by atoms with Crippen LogP contribution in [-0.2, 0) is 13.0 Å². The molecule has 0 atom stereocenters. The molecule has 0 aromatic heterocycles. The summed E-state index contributed by atoms with van der Waals surface area (Å²) < 4.78 is 0. The molecular formula is C30H26ClNO3. The minimum atomic E-state index is -0.947. The highest BCUT2D eigenvalue weighted by Gasteiger charge is 2.17. The average molecular weight is 484 g/mol. The van der Waals surface area contributed by atoms with E-state index in [1.165, 1.54) is 5.56 Å². The first-order chi connectivity index (χ1) is 17.0. The molecule has 1 N–H and O–H groups in total. The summed E-state index contributed by atoms with van der Waals surface area (Å²) in [4.78, 5) is 26.4. The van der Waals surface area contributed by atoms with E-state index in [0.717, 1.165) is 29.5 Å². The number of carboxylic acids is 1. The monoisotopic (exact) mass is 483 g/mol.